The second kappa shape index (κ2) is 6.70. The highest BCUT2D eigenvalue weighted by molar-refractivity contribution is 7.98. The predicted octanol–water partition coefficient (Wildman–Crippen LogP) is 3.72. The molecule has 3 rings (SSSR count). The molecule has 0 unspecified atom stereocenters. The van der Waals surface area contributed by atoms with Crippen molar-refractivity contribution in [1.82, 2.24) is 10.2 Å². The van der Waals surface area contributed by atoms with Crippen molar-refractivity contribution in [2.75, 3.05) is 7.11 Å². The molecule has 3 aromatic rings. The molecule has 0 fully saturated rings. The second-order valence-electron chi connectivity index (χ2n) is 4.73. The number of benzene rings is 1. The molecule has 0 saturated heterocycles. The maximum Gasteiger partial charge on any atom is 0.341 e. The van der Waals surface area contributed by atoms with Crippen molar-refractivity contribution >= 4 is 17.7 Å². The highest BCUT2D eigenvalue weighted by atomic mass is 32.2. The zero-order valence-electron chi connectivity index (χ0n) is 12.6. The van der Waals surface area contributed by atoms with Gasteiger partial charge in [0.25, 0.3) is 5.22 Å². The molecule has 0 atom stereocenters. The molecule has 0 amide bonds. The van der Waals surface area contributed by atoms with E-state index in [-0.39, 0.29) is 0 Å². The zero-order chi connectivity index (χ0) is 16.2. The van der Waals surface area contributed by atoms with Crippen LogP contribution in [0.5, 0.6) is 0 Å². The first-order valence-electron chi connectivity index (χ1n) is 6.86. The van der Waals surface area contributed by atoms with E-state index in [1.54, 1.807) is 6.07 Å². The van der Waals surface area contributed by atoms with E-state index in [9.17, 15) is 4.79 Å². The molecule has 0 radical (unpaired) electrons. The minimum Gasteiger partial charge on any atom is -0.468 e. The Morgan fingerprint density at radius 3 is 2.87 bits per heavy atom. The summed E-state index contributed by atoms with van der Waals surface area (Å²) in [6.07, 6.45) is 1.45. The van der Waals surface area contributed by atoms with Crippen LogP contribution in [0, 0.1) is 6.92 Å². The highest BCUT2D eigenvalue weighted by Crippen LogP contribution is 2.28. The summed E-state index contributed by atoms with van der Waals surface area (Å²) in [4.78, 5) is 11.6. The van der Waals surface area contributed by atoms with Crippen LogP contribution in [0.1, 0.15) is 21.7 Å². The molecule has 0 aliphatic heterocycles. The van der Waals surface area contributed by atoms with Crippen molar-refractivity contribution in [3.8, 4) is 11.5 Å². The van der Waals surface area contributed by atoms with Gasteiger partial charge in [-0.3, -0.25) is 0 Å². The SMILES string of the molecule is COC(=O)c1ccoc1CSc1nnc(-c2ccccc2C)o1. The van der Waals surface area contributed by atoms with Gasteiger partial charge in [-0.25, -0.2) is 4.79 Å². The molecule has 0 aliphatic rings. The van der Waals surface area contributed by atoms with E-state index in [1.165, 1.54) is 25.1 Å². The Bertz CT molecular complexity index is 825. The topological polar surface area (TPSA) is 78.4 Å². The van der Waals surface area contributed by atoms with Crippen LogP contribution in [0.2, 0.25) is 0 Å². The van der Waals surface area contributed by atoms with Gasteiger partial charge in [0.15, 0.2) is 0 Å². The fourth-order valence-corrected chi connectivity index (χ4v) is 2.78. The predicted molar refractivity (Wildman–Crippen MR) is 84.1 cm³/mol. The molecule has 118 valence electrons. The Kier molecular flexibility index (Phi) is 4.47. The van der Waals surface area contributed by atoms with Gasteiger partial charge >= 0.3 is 5.97 Å². The Hall–Kier alpha value is -2.54. The summed E-state index contributed by atoms with van der Waals surface area (Å²) in [5.74, 6) is 0.948. The quantitative estimate of drug-likeness (QED) is 0.521. The van der Waals surface area contributed by atoms with Crippen LogP contribution in [0.4, 0.5) is 0 Å². The van der Waals surface area contributed by atoms with Crippen LogP contribution < -0.4 is 0 Å². The van der Waals surface area contributed by atoms with Crippen LogP contribution in [0.3, 0.4) is 0 Å². The molecule has 0 saturated carbocycles. The number of aryl methyl sites for hydroxylation is 1. The third kappa shape index (κ3) is 3.29. The summed E-state index contributed by atoms with van der Waals surface area (Å²) in [5.41, 5.74) is 2.37. The van der Waals surface area contributed by atoms with E-state index in [0.717, 1.165) is 11.1 Å². The molecule has 23 heavy (non-hydrogen) atoms. The monoisotopic (exact) mass is 330 g/mol. The number of thioether (sulfide) groups is 1. The molecule has 0 bridgehead atoms. The van der Waals surface area contributed by atoms with Gasteiger partial charge in [-0.05, 0) is 24.6 Å². The standard InChI is InChI=1S/C16H14N2O4S/c1-10-5-3-4-6-11(10)14-17-18-16(22-14)23-9-13-12(7-8-21-13)15(19)20-2/h3-8H,9H2,1-2H3. The van der Waals surface area contributed by atoms with Crippen molar-refractivity contribution in [3.05, 3.63) is 53.5 Å². The van der Waals surface area contributed by atoms with Gasteiger partial charge in [0.05, 0.1) is 19.1 Å². The molecular weight excluding hydrogens is 316 g/mol. The summed E-state index contributed by atoms with van der Waals surface area (Å²) >= 11 is 1.30. The zero-order valence-corrected chi connectivity index (χ0v) is 13.4. The lowest BCUT2D eigenvalue weighted by molar-refractivity contribution is 0.0598. The first kappa shape index (κ1) is 15.4. The molecule has 1 aromatic carbocycles. The Morgan fingerprint density at radius 2 is 2.09 bits per heavy atom. The number of methoxy groups -OCH3 is 1. The largest absolute Gasteiger partial charge is 0.468 e. The normalized spacial score (nSPS) is 10.7. The Morgan fingerprint density at radius 1 is 1.26 bits per heavy atom. The van der Waals surface area contributed by atoms with Crippen molar-refractivity contribution in [1.29, 1.82) is 0 Å². The third-order valence-electron chi connectivity index (χ3n) is 3.26. The van der Waals surface area contributed by atoms with Gasteiger partial charge in [0.1, 0.15) is 11.3 Å². The van der Waals surface area contributed by atoms with Gasteiger partial charge < -0.3 is 13.6 Å². The fraction of sp³-hybridized carbons (Fsp3) is 0.188. The third-order valence-corrected chi connectivity index (χ3v) is 4.08. The van der Waals surface area contributed by atoms with E-state index in [2.05, 4.69) is 10.2 Å². The van der Waals surface area contributed by atoms with Crippen LogP contribution in [0.15, 0.2) is 50.7 Å². The van der Waals surface area contributed by atoms with Gasteiger partial charge in [-0.1, -0.05) is 30.0 Å². The number of furan rings is 1. The highest BCUT2D eigenvalue weighted by Gasteiger charge is 2.17. The second-order valence-corrected chi connectivity index (χ2v) is 5.65. The van der Waals surface area contributed by atoms with E-state index in [4.69, 9.17) is 13.6 Å². The first-order valence-corrected chi connectivity index (χ1v) is 7.84. The minimum atomic E-state index is -0.430. The van der Waals surface area contributed by atoms with E-state index >= 15 is 0 Å². The molecule has 2 heterocycles. The van der Waals surface area contributed by atoms with E-state index in [0.29, 0.717) is 28.2 Å². The summed E-state index contributed by atoms with van der Waals surface area (Å²) in [6.45, 7) is 1.98. The lowest BCUT2D eigenvalue weighted by atomic mass is 10.1. The number of nitrogens with zero attached hydrogens (tertiary/aromatic N) is 2. The van der Waals surface area contributed by atoms with Crippen molar-refractivity contribution < 1.29 is 18.4 Å². The van der Waals surface area contributed by atoms with Crippen molar-refractivity contribution in [2.24, 2.45) is 0 Å². The summed E-state index contributed by atoms with van der Waals surface area (Å²) < 4.78 is 15.7. The smallest absolute Gasteiger partial charge is 0.341 e. The molecular formula is C16H14N2O4S. The molecule has 0 N–H and O–H groups in total. The Balaban J connectivity index is 1.72. The van der Waals surface area contributed by atoms with Gasteiger partial charge in [-0.2, -0.15) is 0 Å². The number of hydrogen-bond donors (Lipinski definition) is 0. The molecule has 0 aliphatic carbocycles. The maximum atomic E-state index is 11.6. The number of carbonyl (C=O) groups is 1. The average molecular weight is 330 g/mol. The fourth-order valence-electron chi connectivity index (χ4n) is 2.06. The summed E-state index contributed by atoms with van der Waals surface area (Å²) in [7, 11) is 1.33. The molecule has 2 aromatic heterocycles. The number of rotatable bonds is 5. The van der Waals surface area contributed by atoms with E-state index in [1.807, 2.05) is 31.2 Å². The van der Waals surface area contributed by atoms with Crippen LogP contribution >= 0.6 is 11.8 Å². The number of hydrogen-bond acceptors (Lipinski definition) is 7. The lowest BCUT2D eigenvalue weighted by Gasteiger charge is -1.99. The first-order chi connectivity index (χ1) is 11.2. The molecule has 6 nitrogen and oxygen atoms in total. The van der Waals surface area contributed by atoms with Gasteiger partial charge in [0, 0.05) is 5.56 Å². The van der Waals surface area contributed by atoms with Crippen molar-refractivity contribution in [2.45, 2.75) is 17.9 Å². The lowest BCUT2D eigenvalue weighted by Crippen LogP contribution is -2.02. The minimum absolute atomic E-state index is 0.396. The van der Waals surface area contributed by atoms with Crippen molar-refractivity contribution in [3.63, 3.8) is 0 Å². The number of aromatic nitrogens is 2. The van der Waals surface area contributed by atoms with Crippen LogP contribution in [0.25, 0.3) is 11.5 Å². The number of carbonyl (C=O) groups excluding carboxylic acids is 1. The van der Waals surface area contributed by atoms with Gasteiger partial charge in [-0.15, -0.1) is 10.2 Å². The molecule has 0 spiro atoms. The van der Waals surface area contributed by atoms with E-state index < -0.39 is 5.97 Å². The van der Waals surface area contributed by atoms with Gasteiger partial charge in [0.2, 0.25) is 5.89 Å². The summed E-state index contributed by atoms with van der Waals surface area (Å²) in [5, 5.41) is 8.49. The van der Waals surface area contributed by atoms with Crippen LogP contribution in [-0.2, 0) is 10.5 Å². The summed E-state index contributed by atoms with van der Waals surface area (Å²) in [6, 6.07) is 9.37. The average Bonchev–Trinajstić information content (AvgIpc) is 3.21. The number of ether oxygens (including phenoxy) is 1. The van der Waals surface area contributed by atoms with Crippen LogP contribution in [-0.4, -0.2) is 23.3 Å². The Labute approximate surface area is 136 Å². The number of esters is 1. The maximum absolute atomic E-state index is 11.6. The molecule has 7 heteroatoms.